The summed E-state index contributed by atoms with van der Waals surface area (Å²) in [6.07, 6.45) is -4.34. The van der Waals surface area contributed by atoms with Gasteiger partial charge in [-0.15, -0.1) is 0 Å². The molecule has 6 nitrogen and oxygen atoms in total. The molecule has 1 atom stereocenters. The molecule has 0 aliphatic carbocycles. The van der Waals surface area contributed by atoms with Crippen LogP contribution in [0.4, 0.5) is 18.0 Å². The molecule has 0 bridgehead atoms. The summed E-state index contributed by atoms with van der Waals surface area (Å²) in [6, 6.07) is 4.77. The van der Waals surface area contributed by atoms with Gasteiger partial charge in [0.2, 0.25) is 5.91 Å². The van der Waals surface area contributed by atoms with Crippen LogP contribution in [-0.4, -0.2) is 59.1 Å². The largest absolute Gasteiger partial charge is 0.397 e. The Labute approximate surface area is 137 Å². The molecule has 3 amide bonds. The predicted molar refractivity (Wildman–Crippen MR) is 80.0 cm³/mol. The first-order valence-electron chi connectivity index (χ1n) is 7.57. The van der Waals surface area contributed by atoms with Gasteiger partial charge in [-0.2, -0.15) is 13.2 Å². The second-order valence-electron chi connectivity index (χ2n) is 5.59. The number of urea groups is 1. The molecule has 0 spiro atoms. The summed E-state index contributed by atoms with van der Waals surface area (Å²) in [5.41, 5.74) is 0.713. The third-order valence-electron chi connectivity index (χ3n) is 3.74. The third kappa shape index (κ3) is 5.10. The number of pyridine rings is 1. The van der Waals surface area contributed by atoms with Gasteiger partial charge in [0, 0.05) is 32.4 Å². The molecule has 0 aromatic carbocycles. The molecule has 1 aromatic heterocycles. The summed E-state index contributed by atoms with van der Waals surface area (Å²) in [6.45, 7) is 2.39. The quantitative estimate of drug-likeness (QED) is 0.911. The molecule has 0 saturated carbocycles. The average Bonchev–Trinajstić information content (AvgIpc) is 2.54. The number of nitrogens with zero attached hydrogens (tertiary/aromatic N) is 3. The molecule has 9 heteroatoms. The van der Waals surface area contributed by atoms with Gasteiger partial charge in [-0.3, -0.25) is 9.78 Å². The zero-order valence-electron chi connectivity index (χ0n) is 13.2. The van der Waals surface area contributed by atoms with Gasteiger partial charge in [-0.1, -0.05) is 6.07 Å². The SMILES string of the molecule is C[C@H](NC(=O)N1CCN(C(=O)CC(F)(F)F)CC1)c1ccccn1. The van der Waals surface area contributed by atoms with Crippen LogP contribution in [0.2, 0.25) is 0 Å². The summed E-state index contributed by atoms with van der Waals surface area (Å²) < 4.78 is 36.7. The summed E-state index contributed by atoms with van der Waals surface area (Å²) in [4.78, 5) is 30.5. The maximum Gasteiger partial charge on any atom is 0.397 e. The second kappa shape index (κ2) is 7.50. The van der Waals surface area contributed by atoms with Crippen molar-refractivity contribution in [1.29, 1.82) is 0 Å². The lowest BCUT2D eigenvalue weighted by molar-refractivity contribution is -0.162. The van der Waals surface area contributed by atoms with E-state index in [1.807, 2.05) is 6.07 Å². The zero-order valence-corrected chi connectivity index (χ0v) is 13.2. The summed E-state index contributed by atoms with van der Waals surface area (Å²) in [7, 11) is 0. The van der Waals surface area contributed by atoms with Gasteiger partial charge < -0.3 is 15.1 Å². The molecule has 24 heavy (non-hydrogen) atoms. The Bertz CT molecular complexity index is 572. The molecule has 1 fully saturated rings. The van der Waals surface area contributed by atoms with E-state index in [1.54, 1.807) is 25.3 Å². The van der Waals surface area contributed by atoms with Gasteiger partial charge in [-0.05, 0) is 19.1 Å². The molecule has 0 unspecified atom stereocenters. The maximum absolute atomic E-state index is 12.2. The van der Waals surface area contributed by atoms with Crippen molar-refractivity contribution in [2.45, 2.75) is 25.6 Å². The fourth-order valence-corrected chi connectivity index (χ4v) is 2.42. The number of aromatic nitrogens is 1. The van der Waals surface area contributed by atoms with Gasteiger partial charge in [-0.25, -0.2) is 4.79 Å². The van der Waals surface area contributed by atoms with Crippen LogP contribution in [0, 0.1) is 0 Å². The molecule has 1 aromatic rings. The van der Waals surface area contributed by atoms with Crippen LogP contribution >= 0.6 is 0 Å². The van der Waals surface area contributed by atoms with Crippen molar-refractivity contribution in [3.63, 3.8) is 0 Å². The van der Waals surface area contributed by atoms with Gasteiger partial charge in [0.05, 0.1) is 11.7 Å². The highest BCUT2D eigenvalue weighted by molar-refractivity contribution is 5.78. The topological polar surface area (TPSA) is 65.5 Å². The normalized spacial score (nSPS) is 16.7. The Kier molecular flexibility index (Phi) is 5.63. The highest BCUT2D eigenvalue weighted by atomic mass is 19.4. The fourth-order valence-electron chi connectivity index (χ4n) is 2.42. The number of carbonyl (C=O) groups excluding carboxylic acids is 2. The van der Waals surface area contributed by atoms with E-state index in [1.165, 1.54) is 4.90 Å². The van der Waals surface area contributed by atoms with Crippen LogP contribution in [0.15, 0.2) is 24.4 Å². The van der Waals surface area contributed by atoms with Crippen molar-refractivity contribution < 1.29 is 22.8 Å². The Morgan fingerprint density at radius 2 is 1.83 bits per heavy atom. The van der Waals surface area contributed by atoms with Crippen LogP contribution in [-0.2, 0) is 4.79 Å². The van der Waals surface area contributed by atoms with E-state index in [4.69, 9.17) is 0 Å². The molecule has 132 valence electrons. The molecule has 1 N–H and O–H groups in total. The minimum Gasteiger partial charge on any atom is -0.339 e. The standard InChI is InChI=1S/C15H19F3N4O2/c1-11(12-4-2-3-5-19-12)20-14(24)22-8-6-21(7-9-22)13(23)10-15(16,17)18/h2-5,11H,6-10H2,1H3,(H,20,24)/t11-/m0/s1. The van der Waals surface area contributed by atoms with E-state index in [0.29, 0.717) is 5.69 Å². The Hall–Kier alpha value is -2.32. The van der Waals surface area contributed by atoms with Crippen molar-refractivity contribution in [2.75, 3.05) is 26.2 Å². The van der Waals surface area contributed by atoms with E-state index in [2.05, 4.69) is 10.3 Å². The highest BCUT2D eigenvalue weighted by Gasteiger charge is 2.35. The van der Waals surface area contributed by atoms with Gasteiger partial charge in [0.1, 0.15) is 6.42 Å². The Morgan fingerprint density at radius 1 is 1.21 bits per heavy atom. The lowest BCUT2D eigenvalue weighted by Gasteiger charge is -2.35. The van der Waals surface area contributed by atoms with Crippen LogP contribution < -0.4 is 5.32 Å². The van der Waals surface area contributed by atoms with Crippen molar-refractivity contribution >= 4 is 11.9 Å². The molecular formula is C15H19F3N4O2. The summed E-state index contributed by atoms with van der Waals surface area (Å²) in [5.74, 6) is -0.954. The molecule has 0 radical (unpaired) electrons. The summed E-state index contributed by atoms with van der Waals surface area (Å²) >= 11 is 0. The van der Waals surface area contributed by atoms with E-state index in [9.17, 15) is 22.8 Å². The maximum atomic E-state index is 12.2. The molecule has 1 aliphatic rings. The molecular weight excluding hydrogens is 325 g/mol. The van der Waals surface area contributed by atoms with E-state index < -0.39 is 18.5 Å². The smallest absolute Gasteiger partial charge is 0.339 e. The average molecular weight is 344 g/mol. The molecule has 2 heterocycles. The molecule has 1 saturated heterocycles. The molecule has 1 aliphatic heterocycles. The van der Waals surface area contributed by atoms with Crippen LogP contribution in [0.25, 0.3) is 0 Å². The monoisotopic (exact) mass is 344 g/mol. The molecule has 2 rings (SSSR count). The van der Waals surface area contributed by atoms with Crippen molar-refractivity contribution in [1.82, 2.24) is 20.1 Å². The summed E-state index contributed by atoms with van der Waals surface area (Å²) in [5, 5.41) is 2.79. The van der Waals surface area contributed by atoms with Gasteiger partial charge >= 0.3 is 12.2 Å². The minimum absolute atomic E-state index is 0.0975. The fraction of sp³-hybridized carbons (Fsp3) is 0.533. The number of piperazine rings is 1. The number of rotatable bonds is 3. The number of alkyl halides is 3. The number of nitrogens with one attached hydrogen (secondary N) is 1. The Balaban J connectivity index is 1.81. The highest BCUT2D eigenvalue weighted by Crippen LogP contribution is 2.21. The van der Waals surface area contributed by atoms with Crippen LogP contribution in [0.5, 0.6) is 0 Å². The van der Waals surface area contributed by atoms with E-state index in [-0.39, 0.29) is 38.3 Å². The lowest BCUT2D eigenvalue weighted by Crippen LogP contribution is -2.53. The number of hydrogen-bond donors (Lipinski definition) is 1. The van der Waals surface area contributed by atoms with Crippen LogP contribution in [0.1, 0.15) is 25.1 Å². The van der Waals surface area contributed by atoms with Gasteiger partial charge in [0.25, 0.3) is 0 Å². The van der Waals surface area contributed by atoms with E-state index in [0.717, 1.165) is 4.90 Å². The first kappa shape index (κ1) is 18.0. The number of carbonyl (C=O) groups is 2. The van der Waals surface area contributed by atoms with Gasteiger partial charge in [0.15, 0.2) is 0 Å². The third-order valence-corrected chi connectivity index (χ3v) is 3.74. The van der Waals surface area contributed by atoms with E-state index >= 15 is 0 Å². The second-order valence-corrected chi connectivity index (χ2v) is 5.59. The predicted octanol–water partition coefficient (Wildman–Crippen LogP) is 1.95. The van der Waals surface area contributed by atoms with Crippen molar-refractivity contribution in [2.24, 2.45) is 0 Å². The Morgan fingerprint density at radius 3 is 2.38 bits per heavy atom. The zero-order chi connectivity index (χ0) is 17.7. The van der Waals surface area contributed by atoms with Crippen molar-refractivity contribution in [3.8, 4) is 0 Å². The lowest BCUT2D eigenvalue weighted by atomic mass is 10.2. The first-order valence-corrected chi connectivity index (χ1v) is 7.57. The number of halogens is 3. The number of amides is 3. The van der Waals surface area contributed by atoms with Crippen LogP contribution in [0.3, 0.4) is 0 Å². The van der Waals surface area contributed by atoms with Crippen molar-refractivity contribution in [3.05, 3.63) is 30.1 Å². The first-order chi connectivity index (χ1) is 11.3. The minimum atomic E-state index is -4.51. The number of hydrogen-bond acceptors (Lipinski definition) is 3.